The normalized spacial score (nSPS) is 16.2. The number of β-amino-alcohol motifs (C(OH)–C–C–N with tert-alkyl or cyclic N) is 1. The third-order valence-corrected chi connectivity index (χ3v) is 7.31. The van der Waals surface area contributed by atoms with Crippen LogP contribution in [0.2, 0.25) is 0 Å². The second-order valence-corrected chi connectivity index (χ2v) is 10.1. The SMILES string of the molecule is COc1cc2ccc([C@@H]3CN(Cc4cccc(OC(F)(F)F)c4)c4ccccc4N3C[C@@H](O)C(F)(F)F)cc2cc1OC. The lowest BCUT2D eigenvalue weighted by atomic mass is 9.95. The predicted molar refractivity (Wildman–Crippen MR) is 150 cm³/mol. The molecule has 0 saturated carbocycles. The van der Waals surface area contributed by atoms with Crippen molar-refractivity contribution in [1.82, 2.24) is 0 Å². The largest absolute Gasteiger partial charge is 0.573 e. The summed E-state index contributed by atoms with van der Waals surface area (Å²) in [6, 6.07) is 20.7. The Morgan fingerprint density at radius 1 is 0.814 bits per heavy atom. The number of nitrogens with zero attached hydrogens (tertiary/aromatic N) is 2. The molecule has 0 fully saturated rings. The number of halogens is 6. The minimum Gasteiger partial charge on any atom is -0.493 e. The first-order valence-corrected chi connectivity index (χ1v) is 13.2. The van der Waals surface area contributed by atoms with Crippen molar-refractivity contribution in [2.45, 2.75) is 31.2 Å². The number of ether oxygens (including phenoxy) is 3. The van der Waals surface area contributed by atoms with Crippen LogP contribution in [0.25, 0.3) is 10.8 Å². The van der Waals surface area contributed by atoms with Crippen LogP contribution in [0.5, 0.6) is 17.2 Å². The van der Waals surface area contributed by atoms with Crippen molar-refractivity contribution in [3.8, 4) is 17.2 Å². The van der Waals surface area contributed by atoms with Gasteiger partial charge < -0.3 is 29.1 Å². The van der Waals surface area contributed by atoms with E-state index in [0.717, 1.165) is 10.8 Å². The van der Waals surface area contributed by atoms with Crippen molar-refractivity contribution in [2.75, 3.05) is 37.1 Å². The maximum atomic E-state index is 13.6. The second-order valence-electron chi connectivity index (χ2n) is 10.1. The van der Waals surface area contributed by atoms with Crippen LogP contribution in [0.15, 0.2) is 78.9 Å². The Bertz CT molecular complexity index is 1590. The maximum Gasteiger partial charge on any atom is 0.573 e. The number of methoxy groups -OCH3 is 2. The van der Waals surface area contributed by atoms with Crippen molar-refractivity contribution >= 4 is 22.1 Å². The van der Waals surface area contributed by atoms with E-state index in [2.05, 4.69) is 4.74 Å². The van der Waals surface area contributed by atoms with Crippen LogP contribution in [-0.2, 0) is 6.54 Å². The number of para-hydroxylation sites is 2. The van der Waals surface area contributed by atoms with Crippen LogP contribution >= 0.6 is 0 Å². The summed E-state index contributed by atoms with van der Waals surface area (Å²) in [5.41, 5.74) is 2.19. The van der Waals surface area contributed by atoms with E-state index in [9.17, 15) is 31.4 Å². The van der Waals surface area contributed by atoms with Crippen molar-refractivity contribution in [3.05, 3.63) is 90.0 Å². The van der Waals surface area contributed by atoms with Gasteiger partial charge >= 0.3 is 12.5 Å². The summed E-state index contributed by atoms with van der Waals surface area (Å²) in [6.07, 6.45) is -12.3. The highest BCUT2D eigenvalue weighted by Gasteiger charge is 2.42. The zero-order chi connectivity index (χ0) is 30.9. The van der Waals surface area contributed by atoms with Crippen molar-refractivity contribution in [3.63, 3.8) is 0 Å². The second kappa shape index (κ2) is 11.8. The highest BCUT2D eigenvalue weighted by molar-refractivity contribution is 5.87. The zero-order valence-electron chi connectivity index (χ0n) is 23.1. The summed E-state index contributed by atoms with van der Waals surface area (Å²) in [6.45, 7) is -0.403. The van der Waals surface area contributed by atoms with E-state index in [-0.39, 0.29) is 18.8 Å². The summed E-state index contributed by atoms with van der Waals surface area (Å²) >= 11 is 0. The van der Waals surface area contributed by atoms with Crippen LogP contribution in [-0.4, -0.2) is 51.1 Å². The molecule has 0 radical (unpaired) electrons. The van der Waals surface area contributed by atoms with Gasteiger partial charge in [-0.3, -0.25) is 0 Å². The summed E-state index contributed by atoms with van der Waals surface area (Å²) in [7, 11) is 3.01. The van der Waals surface area contributed by atoms with Crippen molar-refractivity contribution in [2.24, 2.45) is 0 Å². The zero-order valence-corrected chi connectivity index (χ0v) is 23.1. The quantitative estimate of drug-likeness (QED) is 0.214. The molecule has 0 aliphatic carbocycles. The third-order valence-electron chi connectivity index (χ3n) is 7.31. The number of anilines is 2. The van der Waals surface area contributed by atoms with Gasteiger partial charge in [-0.25, -0.2) is 0 Å². The molecule has 1 heterocycles. The Hall–Kier alpha value is -4.32. The number of alkyl halides is 6. The summed E-state index contributed by atoms with van der Waals surface area (Å²) in [5.74, 6) is 0.626. The van der Waals surface area contributed by atoms with Gasteiger partial charge in [0.1, 0.15) is 5.75 Å². The van der Waals surface area contributed by atoms with Gasteiger partial charge in [0.25, 0.3) is 0 Å². The van der Waals surface area contributed by atoms with Crippen LogP contribution in [0.3, 0.4) is 0 Å². The molecule has 1 N–H and O–H groups in total. The smallest absolute Gasteiger partial charge is 0.493 e. The molecule has 12 heteroatoms. The highest BCUT2D eigenvalue weighted by Crippen LogP contribution is 2.43. The topological polar surface area (TPSA) is 54.4 Å². The van der Waals surface area contributed by atoms with Gasteiger partial charge in [-0.05, 0) is 64.4 Å². The Morgan fingerprint density at radius 2 is 1.49 bits per heavy atom. The number of aliphatic hydroxyl groups excluding tert-OH is 1. The predicted octanol–water partition coefficient (Wildman–Crippen LogP) is 7.25. The molecule has 4 aromatic rings. The molecule has 0 bridgehead atoms. The van der Waals surface area contributed by atoms with E-state index >= 15 is 0 Å². The lowest BCUT2D eigenvalue weighted by Crippen LogP contribution is -2.49. The van der Waals surface area contributed by atoms with Gasteiger partial charge in [0.15, 0.2) is 17.6 Å². The molecule has 0 aromatic heterocycles. The van der Waals surface area contributed by atoms with E-state index in [0.29, 0.717) is 34.0 Å². The van der Waals surface area contributed by atoms with E-state index in [1.54, 1.807) is 48.5 Å². The number of rotatable bonds is 8. The van der Waals surface area contributed by atoms with Crippen LogP contribution in [0, 0.1) is 0 Å². The molecule has 0 spiro atoms. The van der Waals surface area contributed by atoms with Gasteiger partial charge in [-0.1, -0.05) is 36.4 Å². The highest BCUT2D eigenvalue weighted by atomic mass is 19.4. The molecular weight excluding hydrogens is 578 g/mol. The molecule has 6 nitrogen and oxygen atoms in total. The minimum absolute atomic E-state index is 0.150. The molecule has 1 aliphatic heterocycles. The number of hydrogen-bond donors (Lipinski definition) is 1. The number of benzene rings is 4. The van der Waals surface area contributed by atoms with E-state index < -0.39 is 31.2 Å². The van der Waals surface area contributed by atoms with E-state index in [4.69, 9.17) is 9.47 Å². The summed E-state index contributed by atoms with van der Waals surface area (Å²) < 4.78 is 94.2. The minimum atomic E-state index is -4.86. The van der Waals surface area contributed by atoms with Gasteiger partial charge in [0, 0.05) is 13.1 Å². The molecule has 5 rings (SSSR count). The van der Waals surface area contributed by atoms with Gasteiger partial charge in [-0.15, -0.1) is 13.2 Å². The van der Waals surface area contributed by atoms with Crippen LogP contribution in [0.4, 0.5) is 37.7 Å². The van der Waals surface area contributed by atoms with E-state index in [1.807, 2.05) is 17.0 Å². The van der Waals surface area contributed by atoms with Crippen molar-refractivity contribution < 1.29 is 45.7 Å². The fourth-order valence-corrected chi connectivity index (χ4v) is 5.36. The molecule has 0 amide bonds. The van der Waals surface area contributed by atoms with Crippen molar-refractivity contribution in [1.29, 1.82) is 0 Å². The number of aliphatic hydroxyl groups is 1. The van der Waals surface area contributed by atoms with Gasteiger partial charge in [0.2, 0.25) is 0 Å². The Kier molecular flexibility index (Phi) is 8.24. The molecule has 2 atom stereocenters. The summed E-state index contributed by atoms with van der Waals surface area (Å²) in [5, 5.41) is 11.7. The van der Waals surface area contributed by atoms with Crippen LogP contribution < -0.4 is 24.0 Å². The third kappa shape index (κ3) is 6.69. The monoisotopic (exact) mass is 606 g/mol. The lowest BCUT2D eigenvalue weighted by Gasteiger charge is -2.46. The molecule has 0 saturated heterocycles. The van der Waals surface area contributed by atoms with Gasteiger partial charge in [0.05, 0.1) is 38.2 Å². The Balaban J connectivity index is 1.58. The Morgan fingerprint density at radius 3 is 2.14 bits per heavy atom. The fourth-order valence-electron chi connectivity index (χ4n) is 5.36. The standard InChI is InChI=1S/C31H28F6N2O4/c1-41-27-14-20-10-11-21(13-22(20)15-28(27)42-2)26-17-38(16-19-6-5-7-23(12-19)43-31(35,36)37)24-8-3-4-9-25(24)39(26)18-29(40)30(32,33)34/h3-15,26,29,40H,16-18H2,1-2H3/t26-,29+/m0/s1. The van der Waals surface area contributed by atoms with Gasteiger partial charge in [-0.2, -0.15) is 13.2 Å². The molecule has 43 heavy (non-hydrogen) atoms. The fraction of sp³-hybridized carbons (Fsp3) is 0.290. The average Bonchev–Trinajstić information content (AvgIpc) is 2.96. The molecule has 0 unspecified atom stereocenters. The first-order chi connectivity index (χ1) is 20.4. The first-order valence-electron chi connectivity index (χ1n) is 13.2. The lowest BCUT2D eigenvalue weighted by molar-refractivity contribution is -0.274. The maximum absolute atomic E-state index is 13.6. The Labute approximate surface area is 243 Å². The number of fused-ring (bicyclic) bond motifs is 2. The first kappa shape index (κ1) is 30.1. The molecular formula is C31H28F6N2O4. The molecule has 228 valence electrons. The molecule has 4 aromatic carbocycles. The number of hydrogen-bond acceptors (Lipinski definition) is 6. The summed E-state index contributed by atoms with van der Waals surface area (Å²) in [4.78, 5) is 3.41. The van der Waals surface area contributed by atoms with Crippen LogP contribution in [0.1, 0.15) is 17.2 Å². The van der Waals surface area contributed by atoms with E-state index in [1.165, 1.54) is 37.3 Å². The molecule has 1 aliphatic rings. The average molecular weight is 607 g/mol.